The molecule has 0 saturated heterocycles. The van der Waals surface area contributed by atoms with Crippen LogP contribution in [-0.4, -0.2) is 30.4 Å². The molecule has 1 N–H and O–H groups in total. The van der Waals surface area contributed by atoms with Gasteiger partial charge >= 0.3 is 0 Å². The summed E-state index contributed by atoms with van der Waals surface area (Å²) in [5, 5.41) is 7.33. The lowest BCUT2D eigenvalue weighted by Gasteiger charge is -2.07. The Bertz CT molecular complexity index is 1080. The Balaban J connectivity index is 1.81. The first-order valence-corrected chi connectivity index (χ1v) is 10.4. The molecule has 8 heteroatoms. The zero-order chi connectivity index (χ0) is 19.6. The summed E-state index contributed by atoms with van der Waals surface area (Å²) < 4.78 is 24.6. The van der Waals surface area contributed by atoms with E-state index in [2.05, 4.69) is 10.4 Å². The SMILES string of the molecule is Cc1nn(Cc2ccccc2)c(Cl)c1C(=O)Nc1ccc(S(C)(=O)=O)cc1. The van der Waals surface area contributed by atoms with E-state index in [1.165, 1.54) is 24.3 Å². The fraction of sp³-hybridized carbons (Fsp3) is 0.158. The number of amides is 1. The Morgan fingerprint density at radius 1 is 1.11 bits per heavy atom. The van der Waals surface area contributed by atoms with Crippen LogP contribution in [0.1, 0.15) is 21.6 Å². The maximum Gasteiger partial charge on any atom is 0.260 e. The van der Waals surface area contributed by atoms with Gasteiger partial charge in [-0.15, -0.1) is 0 Å². The molecule has 0 atom stereocenters. The lowest BCUT2D eigenvalue weighted by Crippen LogP contribution is -2.13. The molecular weight excluding hydrogens is 386 g/mol. The molecule has 0 fully saturated rings. The number of rotatable bonds is 5. The van der Waals surface area contributed by atoms with Crippen LogP contribution in [0.4, 0.5) is 5.69 Å². The van der Waals surface area contributed by atoms with Gasteiger partial charge in [0.2, 0.25) is 0 Å². The normalized spacial score (nSPS) is 11.4. The highest BCUT2D eigenvalue weighted by molar-refractivity contribution is 7.90. The van der Waals surface area contributed by atoms with E-state index in [1.807, 2.05) is 30.3 Å². The maximum absolute atomic E-state index is 12.6. The molecule has 0 aliphatic heterocycles. The summed E-state index contributed by atoms with van der Waals surface area (Å²) in [7, 11) is -3.29. The van der Waals surface area contributed by atoms with E-state index in [4.69, 9.17) is 11.6 Å². The van der Waals surface area contributed by atoms with Gasteiger partial charge in [0.25, 0.3) is 5.91 Å². The van der Waals surface area contributed by atoms with Crippen LogP contribution in [0.15, 0.2) is 59.5 Å². The van der Waals surface area contributed by atoms with Crippen molar-refractivity contribution in [2.75, 3.05) is 11.6 Å². The van der Waals surface area contributed by atoms with Crippen LogP contribution in [-0.2, 0) is 16.4 Å². The van der Waals surface area contributed by atoms with E-state index in [0.717, 1.165) is 11.8 Å². The van der Waals surface area contributed by atoms with Crippen molar-refractivity contribution < 1.29 is 13.2 Å². The summed E-state index contributed by atoms with van der Waals surface area (Å²) in [5.74, 6) is -0.399. The molecule has 0 spiro atoms. The summed E-state index contributed by atoms with van der Waals surface area (Å²) in [6.45, 7) is 2.17. The summed E-state index contributed by atoms with van der Waals surface area (Å²) >= 11 is 6.39. The predicted octanol–water partition coefficient (Wildman–Crippen LogP) is 3.55. The van der Waals surface area contributed by atoms with Crippen molar-refractivity contribution in [2.24, 2.45) is 0 Å². The first-order valence-electron chi connectivity index (χ1n) is 8.14. The molecular formula is C19H18ClN3O3S. The van der Waals surface area contributed by atoms with Crippen LogP contribution in [0.2, 0.25) is 5.15 Å². The molecule has 27 heavy (non-hydrogen) atoms. The second-order valence-corrected chi connectivity index (χ2v) is 8.52. The number of hydrogen-bond acceptors (Lipinski definition) is 4. The van der Waals surface area contributed by atoms with Gasteiger partial charge in [-0.2, -0.15) is 5.10 Å². The maximum atomic E-state index is 12.6. The van der Waals surface area contributed by atoms with E-state index in [-0.39, 0.29) is 10.0 Å². The Labute approximate surface area is 162 Å². The molecule has 2 aromatic carbocycles. The first-order chi connectivity index (χ1) is 12.8. The van der Waals surface area contributed by atoms with Gasteiger partial charge in [-0.1, -0.05) is 41.9 Å². The zero-order valence-electron chi connectivity index (χ0n) is 14.8. The average molecular weight is 404 g/mol. The summed E-state index contributed by atoms with van der Waals surface area (Å²) in [6.07, 6.45) is 1.13. The highest BCUT2D eigenvalue weighted by Crippen LogP contribution is 2.23. The molecule has 0 aliphatic rings. The van der Waals surface area contributed by atoms with E-state index in [1.54, 1.807) is 11.6 Å². The number of sulfone groups is 1. The highest BCUT2D eigenvalue weighted by atomic mass is 35.5. The molecule has 0 saturated carbocycles. The van der Waals surface area contributed by atoms with Crippen molar-refractivity contribution in [2.45, 2.75) is 18.4 Å². The molecule has 3 aromatic rings. The van der Waals surface area contributed by atoms with Gasteiger partial charge in [0.15, 0.2) is 9.84 Å². The second-order valence-electron chi connectivity index (χ2n) is 6.15. The largest absolute Gasteiger partial charge is 0.322 e. The number of benzene rings is 2. The van der Waals surface area contributed by atoms with Crippen molar-refractivity contribution in [1.82, 2.24) is 9.78 Å². The van der Waals surface area contributed by atoms with E-state index in [9.17, 15) is 13.2 Å². The summed E-state index contributed by atoms with van der Waals surface area (Å²) in [5.41, 5.74) is 2.30. The van der Waals surface area contributed by atoms with Crippen LogP contribution in [0.25, 0.3) is 0 Å². The molecule has 0 radical (unpaired) electrons. The van der Waals surface area contributed by atoms with E-state index >= 15 is 0 Å². The van der Waals surface area contributed by atoms with Gasteiger partial charge in [0.1, 0.15) is 5.15 Å². The van der Waals surface area contributed by atoms with Crippen LogP contribution >= 0.6 is 11.6 Å². The number of nitrogens with one attached hydrogen (secondary N) is 1. The minimum absolute atomic E-state index is 0.186. The molecule has 140 valence electrons. The second kappa shape index (κ2) is 7.54. The van der Waals surface area contributed by atoms with Crippen LogP contribution in [0.5, 0.6) is 0 Å². The molecule has 0 unspecified atom stereocenters. The Kier molecular flexibility index (Phi) is 5.34. The fourth-order valence-electron chi connectivity index (χ4n) is 2.65. The number of aromatic nitrogens is 2. The van der Waals surface area contributed by atoms with Crippen molar-refractivity contribution in [1.29, 1.82) is 0 Å². The fourth-order valence-corrected chi connectivity index (χ4v) is 3.60. The van der Waals surface area contributed by atoms with E-state index in [0.29, 0.717) is 23.5 Å². The quantitative estimate of drug-likeness (QED) is 0.706. The van der Waals surface area contributed by atoms with Gasteiger partial charge in [0, 0.05) is 11.9 Å². The van der Waals surface area contributed by atoms with Crippen molar-refractivity contribution >= 4 is 33.0 Å². The van der Waals surface area contributed by atoms with Crippen LogP contribution in [0.3, 0.4) is 0 Å². The molecule has 0 aliphatic carbocycles. The molecule has 0 bridgehead atoms. The number of carbonyl (C=O) groups excluding carboxylic acids is 1. The van der Waals surface area contributed by atoms with Gasteiger partial charge in [-0.3, -0.25) is 4.79 Å². The van der Waals surface area contributed by atoms with Gasteiger partial charge < -0.3 is 5.32 Å². The lowest BCUT2D eigenvalue weighted by molar-refractivity contribution is 0.102. The average Bonchev–Trinajstić information content (AvgIpc) is 2.89. The number of carbonyl (C=O) groups is 1. The van der Waals surface area contributed by atoms with Gasteiger partial charge in [-0.25, -0.2) is 13.1 Å². The number of hydrogen-bond donors (Lipinski definition) is 1. The van der Waals surface area contributed by atoms with Gasteiger partial charge in [-0.05, 0) is 36.8 Å². The molecule has 1 heterocycles. The summed E-state index contributed by atoms with van der Waals surface area (Å²) in [4.78, 5) is 12.8. The Morgan fingerprint density at radius 3 is 2.33 bits per heavy atom. The highest BCUT2D eigenvalue weighted by Gasteiger charge is 2.20. The third-order valence-corrected chi connectivity index (χ3v) is 5.52. The minimum atomic E-state index is -3.29. The van der Waals surface area contributed by atoms with Crippen LogP contribution < -0.4 is 5.32 Å². The first kappa shape index (κ1) is 19.1. The number of aryl methyl sites for hydroxylation is 1. The zero-order valence-corrected chi connectivity index (χ0v) is 16.4. The standard InChI is InChI=1S/C19H18ClN3O3S/c1-13-17(18(20)23(22-13)12-14-6-4-3-5-7-14)19(24)21-15-8-10-16(11-9-15)27(2,25)26/h3-11H,12H2,1-2H3,(H,21,24). The number of anilines is 1. The third-order valence-electron chi connectivity index (χ3n) is 4.01. The van der Waals surface area contributed by atoms with Crippen molar-refractivity contribution in [3.8, 4) is 0 Å². The molecule has 1 aromatic heterocycles. The monoisotopic (exact) mass is 403 g/mol. The summed E-state index contributed by atoms with van der Waals surface area (Å²) in [6, 6.07) is 15.6. The Morgan fingerprint density at radius 2 is 1.74 bits per heavy atom. The topological polar surface area (TPSA) is 81.1 Å². The predicted molar refractivity (Wildman–Crippen MR) is 105 cm³/mol. The molecule has 1 amide bonds. The molecule has 3 rings (SSSR count). The van der Waals surface area contributed by atoms with Crippen molar-refractivity contribution in [3.63, 3.8) is 0 Å². The molecule has 6 nitrogen and oxygen atoms in total. The lowest BCUT2D eigenvalue weighted by atomic mass is 10.2. The Hall–Kier alpha value is -2.64. The number of nitrogens with zero attached hydrogens (tertiary/aromatic N) is 2. The van der Waals surface area contributed by atoms with Gasteiger partial charge in [0.05, 0.1) is 22.7 Å². The van der Waals surface area contributed by atoms with E-state index < -0.39 is 15.7 Å². The van der Waals surface area contributed by atoms with Crippen LogP contribution in [0, 0.1) is 6.92 Å². The van der Waals surface area contributed by atoms with Crippen molar-refractivity contribution in [3.05, 3.63) is 76.6 Å². The minimum Gasteiger partial charge on any atom is -0.322 e. The third kappa shape index (κ3) is 4.37. The smallest absolute Gasteiger partial charge is 0.260 e. The number of halogens is 1.